The van der Waals surface area contributed by atoms with E-state index in [1.165, 1.54) is 0 Å². The number of aryl methyl sites for hydroxylation is 2. The molecule has 0 bridgehead atoms. The second-order valence-electron chi connectivity index (χ2n) is 4.49. The monoisotopic (exact) mass is 336 g/mol. The van der Waals surface area contributed by atoms with E-state index in [1.54, 1.807) is 12.5 Å². The van der Waals surface area contributed by atoms with E-state index in [0.717, 1.165) is 28.7 Å². The third-order valence-electron chi connectivity index (χ3n) is 2.89. The maximum atomic E-state index is 11.8. The second kappa shape index (κ2) is 7.09. The van der Waals surface area contributed by atoms with Crippen LogP contribution in [0.1, 0.15) is 12.0 Å². The first-order chi connectivity index (χ1) is 9.65. The van der Waals surface area contributed by atoms with E-state index in [2.05, 4.69) is 31.5 Å². The van der Waals surface area contributed by atoms with Gasteiger partial charge in [-0.15, -0.1) is 0 Å². The predicted molar refractivity (Wildman–Crippen MR) is 82.7 cm³/mol. The zero-order valence-corrected chi connectivity index (χ0v) is 12.9. The van der Waals surface area contributed by atoms with Crippen molar-refractivity contribution in [1.29, 1.82) is 0 Å². The highest BCUT2D eigenvalue weighted by atomic mass is 79.9. The summed E-state index contributed by atoms with van der Waals surface area (Å²) in [5, 5.41) is 5.69. The Hall–Kier alpha value is -1.82. The highest BCUT2D eigenvalue weighted by Gasteiger charge is 2.04. The number of urea groups is 1. The van der Waals surface area contributed by atoms with Gasteiger partial charge in [-0.05, 0) is 31.0 Å². The van der Waals surface area contributed by atoms with Crippen molar-refractivity contribution in [2.75, 3.05) is 11.9 Å². The first-order valence-corrected chi connectivity index (χ1v) is 7.21. The van der Waals surface area contributed by atoms with Gasteiger partial charge < -0.3 is 15.2 Å². The third kappa shape index (κ3) is 4.38. The minimum Gasteiger partial charge on any atom is -0.338 e. The molecular formula is C14H17BrN4O. The summed E-state index contributed by atoms with van der Waals surface area (Å²) in [5.74, 6) is 0. The van der Waals surface area contributed by atoms with Gasteiger partial charge in [0.1, 0.15) is 0 Å². The molecule has 2 aromatic rings. The molecule has 106 valence electrons. The van der Waals surface area contributed by atoms with Crippen LogP contribution in [-0.2, 0) is 6.54 Å². The summed E-state index contributed by atoms with van der Waals surface area (Å²) in [6.07, 6.45) is 6.28. The van der Waals surface area contributed by atoms with Gasteiger partial charge in [-0.2, -0.15) is 0 Å². The molecule has 5 nitrogen and oxygen atoms in total. The molecule has 0 spiro atoms. The lowest BCUT2D eigenvalue weighted by molar-refractivity contribution is 0.252. The van der Waals surface area contributed by atoms with E-state index in [4.69, 9.17) is 0 Å². The number of nitrogens with zero attached hydrogens (tertiary/aromatic N) is 2. The van der Waals surface area contributed by atoms with Gasteiger partial charge in [0.2, 0.25) is 0 Å². The van der Waals surface area contributed by atoms with Crippen LogP contribution in [0, 0.1) is 6.92 Å². The lowest BCUT2D eigenvalue weighted by Crippen LogP contribution is -2.30. The first-order valence-electron chi connectivity index (χ1n) is 6.42. The van der Waals surface area contributed by atoms with Crippen LogP contribution in [0.25, 0.3) is 0 Å². The summed E-state index contributed by atoms with van der Waals surface area (Å²) in [6.45, 7) is 3.42. The summed E-state index contributed by atoms with van der Waals surface area (Å²) in [7, 11) is 0. The molecule has 20 heavy (non-hydrogen) atoms. The number of amides is 2. The molecular weight excluding hydrogens is 320 g/mol. The van der Waals surface area contributed by atoms with Crippen molar-refractivity contribution in [3.63, 3.8) is 0 Å². The number of imidazole rings is 1. The van der Waals surface area contributed by atoms with E-state index >= 15 is 0 Å². The van der Waals surface area contributed by atoms with Gasteiger partial charge in [0.05, 0.1) is 6.33 Å². The molecule has 2 rings (SSSR count). The predicted octanol–water partition coefficient (Wildman–Crippen LogP) is 3.17. The quantitative estimate of drug-likeness (QED) is 0.824. The number of aromatic nitrogens is 2. The maximum absolute atomic E-state index is 11.8. The molecule has 0 saturated carbocycles. The van der Waals surface area contributed by atoms with Crippen LogP contribution < -0.4 is 10.6 Å². The van der Waals surface area contributed by atoms with Crippen molar-refractivity contribution in [1.82, 2.24) is 14.9 Å². The first kappa shape index (κ1) is 14.6. The van der Waals surface area contributed by atoms with Crippen LogP contribution in [0.15, 0.2) is 41.4 Å². The van der Waals surface area contributed by atoms with Crippen LogP contribution in [0.3, 0.4) is 0 Å². The molecule has 0 saturated heterocycles. The molecule has 0 fully saturated rings. The molecule has 2 N–H and O–H groups in total. The topological polar surface area (TPSA) is 59.0 Å². The van der Waals surface area contributed by atoms with E-state index < -0.39 is 0 Å². The number of halogens is 1. The number of rotatable bonds is 5. The second-order valence-corrected chi connectivity index (χ2v) is 5.41. The third-order valence-corrected chi connectivity index (χ3v) is 3.38. The summed E-state index contributed by atoms with van der Waals surface area (Å²) in [5.41, 5.74) is 1.84. The number of hydrogen-bond acceptors (Lipinski definition) is 2. The minimum absolute atomic E-state index is 0.183. The van der Waals surface area contributed by atoms with Crippen LogP contribution in [0.5, 0.6) is 0 Å². The highest BCUT2D eigenvalue weighted by molar-refractivity contribution is 9.10. The Kier molecular flexibility index (Phi) is 5.17. The number of nitrogens with one attached hydrogen (secondary N) is 2. The Labute approximate surface area is 126 Å². The summed E-state index contributed by atoms with van der Waals surface area (Å²) >= 11 is 3.39. The number of carbonyl (C=O) groups is 1. The van der Waals surface area contributed by atoms with Crippen LogP contribution in [0.4, 0.5) is 10.5 Å². The maximum Gasteiger partial charge on any atom is 0.319 e. The Morgan fingerprint density at radius 1 is 1.45 bits per heavy atom. The van der Waals surface area contributed by atoms with E-state index in [-0.39, 0.29) is 6.03 Å². The van der Waals surface area contributed by atoms with Gasteiger partial charge in [0.25, 0.3) is 0 Å². The largest absolute Gasteiger partial charge is 0.338 e. The molecule has 2 amide bonds. The zero-order chi connectivity index (χ0) is 14.4. The van der Waals surface area contributed by atoms with Crippen molar-refractivity contribution in [2.24, 2.45) is 0 Å². The van der Waals surface area contributed by atoms with Gasteiger partial charge in [0.15, 0.2) is 0 Å². The molecule has 0 atom stereocenters. The van der Waals surface area contributed by atoms with Gasteiger partial charge in [-0.1, -0.05) is 22.0 Å². The zero-order valence-electron chi connectivity index (χ0n) is 11.3. The van der Waals surface area contributed by atoms with Crippen LogP contribution in [0.2, 0.25) is 0 Å². The molecule has 0 unspecified atom stereocenters. The molecule has 1 heterocycles. The fourth-order valence-corrected chi connectivity index (χ4v) is 2.14. The molecule has 1 aromatic heterocycles. The lowest BCUT2D eigenvalue weighted by atomic mass is 10.2. The van der Waals surface area contributed by atoms with Crippen molar-refractivity contribution in [2.45, 2.75) is 19.9 Å². The van der Waals surface area contributed by atoms with Crippen LogP contribution in [-0.4, -0.2) is 22.1 Å². The summed E-state index contributed by atoms with van der Waals surface area (Å²) in [6, 6.07) is 5.61. The Balaban J connectivity index is 1.73. The van der Waals surface area contributed by atoms with Gasteiger partial charge in [0, 0.05) is 35.6 Å². The Morgan fingerprint density at radius 3 is 3.05 bits per heavy atom. The van der Waals surface area contributed by atoms with Gasteiger partial charge in [-0.3, -0.25) is 0 Å². The standard InChI is InChI=1S/C14H17BrN4O/c1-11-3-4-12(15)9-13(11)18-14(20)17-5-2-7-19-8-6-16-10-19/h3-4,6,8-10H,2,5,7H2,1H3,(H2,17,18,20). The smallest absolute Gasteiger partial charge is 0.319 e. The van der Waals surface area contributed by atoms with E-state index in [9.17, 15) is 4.79 Å². The van der Waals surface area contributed by atoms with E-state index in [0.29, 0.717) is 6.54 Å². The fraction of sp³-hybridized carbons (Fsp3) is 0.286. The fourth-order valence-electron chi connectivity index (χ4n) is 1.78. The molecule has 0 radical (unpaired) electrons. The Morgan fingerprint density at radius 2 is 2.30 bits per heavy atom. The lowest BCUT2D eigenvalue weighted by Gasteiger charge is -2.10. The number of carbonyl (C=O) groups excluding carboxylic acids is 1. The van der Waals surface area contributed by atoms with Gasteiger partial charge >= 0.3 is 6.03 Å². The number of anilines is 1. The summed E-state index contributed by atoms with van der Waals surface area (Å²) < 4.78 is 2.93. The van der Waals surface area contributed by atoms with Crippen LogP contribution >= 0.6 is 15.9 Å². The Bertz CT molecular complexity index is 569. The molecule has 6 heteroatoms. The van der Waals surface area contributed by atoms with Crippen molar-refractivity contribution in [3.8, 4) is 0 Å². The average Bonchev–Trinajstić information content (AvgIpc) is 2.92. The van der Waals surface area contributed by atoms with Crippen molar-refractivity contribution >= 4 is 27.6 Å². The summed E-state index contributed by atoms with van der Waals surface area (Å²) in [4.78, 5) is 15.7. The SMILES string of the molecule is Cc1ccc(Br)cc1NC(=O)NCCCn1ccnc1. The number of benzene rings is 1. The van der Waals surface area contributed by atoms with Crippen molar-refractivity contribution in [3.05, 3.63) is 47.0 Å². The highest BCUT2D eigenvalue weighted by Crippen LogP contribution is 2.20. The van der Waals surface area contributed by atoms with Crippen molar-refractivity contribution < 1.29 is 4.79 Å². The minimum atomic E-state index is -0.183. The normalized spacial score (nSPS) is 10.3. The molecule has 0 aliphatic heterocycles. The van der Waals surface area contributed by atoms with Gasteiger partial charge in [-0.25, -0.2) is 9.78 Å². The number of hydrogen-bond donors (Lipinski definition) is 2. The van der Waals surface area contributed by atoms with E-state index in [1.807, 2.05) is 35.9 Å². The molecule has 1 aromatic carbocycles. The molecule has 0 aliphatic carbocycles. The molecule has 0 aliphatic rings. The average molecular weight is 337 g/mol.